The highest BCUT2D eigenvalue weighted by atomic mass is 35.5. The van der Waals surface area contributed by atoms with Crippen molar-refractivity contribution in [1.82, 2.24) is 10.7 Å². The minimum Gasteiger partial charge on any atom is -0.493 e. The molecule has 0 spiro atoms. The van der Waals surface area contributed by atoms with Crippen LogP contribution in [0.2, 0.25) is 10.0 Å². The molecular weight excluding hydrogens is 541 g/mol. The Morgan fingerprint density at radius 2 is 1.77 bits per heavy atom. The minimum atomic E-state index is -0.937. The van der Waals surface area contributed by atoms with E-state index in [9.17, 15) is 9.59 Å². The zero-order chi connectivity index (χ0) is 28.2. The van der Waals surface area contributed by atoms with Gasteiger partial charge in [-0.3, -0.25) is 9.59 Å². The van der Waals surface area contributed by atoms with E-state index in [-0.39, 0.29) is 11.4 Å². The molecule has 0 aliphatic carbocycles. The molecule has 39 heavy (non-hydrogen) atoms. The Labute approximate surface area is 238 Å². The molecule has 3 rings (SSSR count). The average molecular weight is 572 g/mol. The number of hydrogen-bond donors (Lipinski definition) is 2. The Kier molecular flexibility index (Phi) is 11.5. The van der Waals surface area contributed by atoms with Crippen molar-refractivity contribution in [3.63, 3.8) is 0 Å². The number of nitrogens with zero attached hydrogens (tertiary/aromatic N) is 1. The summed E-state index contributed by atoms with van der Waals surface area (Å²) in [6.45, 7) is 4.07. The van der Waals surface area contributed by atoms with Crippen molar-refractivity contribution in [3.8, 4) is 17.2 Å². The van der Waals surface area contributed by atoms with Gasteiger partial charge in [0.25, 0.3) is 11.8 Å². The number of carbonyl (C=O) groups excluding carboxylic acids is 2. The quantitative estimate of drug-likeness (QED) is 0.210. The molecule has 0 heterocycles. The van der Waals surface area contributed by atoms with Gasteiger partial charge in [0.2, 0.25) is 0 Å². The third kappa shape index (κ3) is 8.90. The standard InChI is InChI=1S/C29H31Cl2N3O5/c1-4-15-38-27-21(11-8-12-26(27)37-3)18-32-34-29(36)24(16-20-9-6-5-7-10-20)33-28(35)19(2)39-25-14-13-22(30)17-23(25)31/h5-14,17-19,24H,4,15-16H2,1-3H3,(H,33,35)(H,34,36)/b32-18-/t19-,24-/m1/s1. The molecule has 3 aromatic carbocycles. The van der Waals surface area contributed by atoms with Crippen LogP contribution in [-0.4, -0.2) is 43.9 Å². The number of hydrogen-bond acceptors (Lipinski definition) is 6. The Balaban J connectivity index is 1.73. The van der Waals surface area contributed by atoms with Crippen molar-refractivity contribution in [3.05, 3.63) is 87.9 Å². The lowest BCUT2D eigenvalue weighted by Crippen LogP contribution is -2.50. The molecule has 206 valence electrons. The van der Waals surface area contributed by atoms with Crippen LogP contribution in [0.5, 0.6) is 17.2 Å². The summed E-state index contributed by atoms with van der Waals surface area (Å²) in [6.07, 6.45) is 1.60. The third-order valence-electron chi connectivity index (χ3n) is 5.54. The number of benzene rings is 3. The SMILES string of the molecule is CCCOc1c(/C=N\NC(=O)[C@@H](Cc2ccccc2)NC(=O)[C@@H](C)Oc2ccc(Cl)cc2Cl)cccc1OC. The van der Waals surface area contributed by atoms with Crippen LogP contribution in [0.4, 0.5) is 0 Å². The van der Waals surface area contributed by atoms with E-state index in [4.69, 9.17) is 37.4 Å². The number of hydrazone groups is 1. The topological polar surface area (TPSA) is 98.2 Å². The number of ether oxygens (including phenoxy) is 3. The van der Waals surface area contributed by atoms with Crippen molar-refractivity contribution >= 4 is 41.2 Å². The maximum absolute atomic E-state index is 13.2. The molecule has 2 N–H and O–H groups in total. The van der Waals surface area contributed by atoms with Gasteiger partial charge in [-0.15, -0.1) is 0 Å². The Bertz CT molecular complexity index is 1290. The van der Waals surface area contributed by atoms with Crippen LogP contribution in [0.15, 0.2) is 71.8 Å². The third-order valence-corrected chi connectivity index (χ3v) is 6.07. The van der Waals surface area contributed by atoms with E-state index >= 15 is 0 Å². The monoisotopic (exact) mass is 571 g/mol. The predicted molar refractivity (Wildman–Crippen MR) is 153 cm³/mol. The van der Waals surface area contributed by atoms with E-state index in [1.54, 1.807) is 44.4 Å². The van der Waals surface area contributed by atoms with E-state index in [0.717, 1.165) is 12.0 Å². The van der Waals surface area contributed by atoms with E-state index in [1.807, 2.05) is 37.3 Å². The maximum Gasteiger partial charge on any atom is 0.262 e. The molecule has 0 saturated heterocycles. The summed E-state index contributed by atoms with van der Waals surface area (Å²) in [6, 6.07) is 18.5. The van der Waals surface area contributed by atoms with Gasteiger partial charge in [0.1, 0.15) is 11.8 Å². The van der Waals surface area contributed by atoms with Gasteiger partial charge in [-0.1, -0.05) is 66.5 Å². The first kappa shape index (κ1) is 29.8. The summed E-state index contributed by atoms with van der Waals surface area (Å²) in [5.74, 6) is 0.392. The van der Waals surface area contributed by atoms with Crippen molar-refractivity contribution in [2.75, 3.05) is 13.7 Å². The van der Waals surface area contributed by atoms with E-state index in [1.165, 1.54) is 12.3 Å². The summed E-state index contributed by atoms with van der Waals surface area (Å²) >= 11 is 12.1. The first-order valence-corrected chi connectivity index (χ1v) is 13.2. The summed E-state index contributed by atoms with van der Waals surface area (Å²) in [7, 11) is 1.55. The van der Waals surface area contributed by atoms with Gasteiger partial charge >= 0.3 is 0 Å². The fraction of sp³-hybridized carbons (Fsp3) is 0.276. The Hall–Kier alpha value is -3.75. The number of rotatable bonds is 13. The number of para-hydroxylation sites is 1. The Morgan fingerprint density at radius 1 is 1.00 bits per heavy atom. The number of nitrogens with one attached hydrogen (secondary N) is 2. The van der Waals surface area contributed by atoms with E-state index in [0.29, 0.717) is 34.4 Å². The fourth-order valence-electron chi connectivity index (χ4n) is 3.56. The summed E-state index contributed by atoms with van der Waals surface area (Å²) in [5, 5.41) is 7.59. The molecule has 0 unspecified atom stereocenters. The first-order chi connectivity index (χ1) is 18.8. The second kappa shape index (κ2) is 15.0. The van der Waals surface area contributed by atoms with Gasteiger partial charge in [0, 0.05) is 17.0 Å². The second-order valence-corrected chi connectivity index (χ2v) is 9.39. The predicted octanol–water partition coefficient (Wildman–Crippen LogP) is 5.44. The van der Waals surface area contributed by atoms with Crippen LogP contribution in [-0.2, 0) is 16.0 Å². The van der Waals surface area contributed by atoms with Gasteiger partial charge in [0.05, 0.1) is 25.0 Å². The number of methoxy groups -OCH3 is 1. The summed E-state index contributed by atoms with van der Waals surface area (Å²) in [4.78, 5) is 26.1. The summed E-state index contributed by atoms with van der Waals surface area (Å²) < 4.78 is 16.9. The molecule has 0 saturated carbocycles. The molecule has 0 aromatic heterocycles. The van der Waals surface area contributed by atoms with Crippen LogP contribution in [0, 0.1) is 0 Å². The normalized spacial score (nSPS) is 12.4. The average Bonchev–Trinajstić information content (AvgIpc) is 2.93. The molecule has 0 radical (unpaired) electrons. The number of carbonyl (C=O) groups is 2. The van der Waals surface area contributed by atoms with Gasteiger partial charge in [-0.05, 0) is 49.2 Å². The van der Waals surface area contributed by atoms with Crippen molar-refractivity contribution < 1.29 is 23.8 Å². The lowest BCUT2D eigenvalue weighted by atomic mass is 10.1. The van der Waals surface area contributed by atoms with E-state index in [2.05, 4.69) is 15.8 Å². The van der Waals surface area contributed by atoms with Crippen LogP contribution >= 0.6 is 23.2 Å². The highest BCUT2D eigenvalue weighted by Gasteiger charge is 2.25. The zero-order valence-corrected chi connectivity index (χ0v) is 23.5. The molecule has 0 aliphatic rings. The largest absolute Gasteiger partial charge is 0.493 e. The van der Waals surface area contributed by atoms with E-state index < -0.39 is 24.0 Å². The molecule has 2 atom stereocenters. The van der Waals surface area contributed by atoms with Crippen molar-refractivity contribution in [2.45, 2.75) is 38.8 Å². The highest BCUT2D eigenvalue weighted by Crippen LogP contribution is 2.30. The molecule has 0 aliphatic heterocycles. The molecule has 0 bridgehead atoms. The van der Waals surface area contributed by atoms with Gasteiger partial charge < -0.3 is 19.5 Å². The lowest BCUT2D eigenvalue weighted by Gasteiger charge is -2.21. The van der Waals surface area contributed by atoms with Crippen molar-refractivity contribution in [2.24, 2.45) is 5.10 Å². The van der Waals surface area contributed by atoms with Crippen LogP contribution in [0.3, 0.4) is 0 Å². The molecule has 0 fully saturated rings. The zero-order valence-electron chi connectivity index (χ0n) is 21.9. The maximum atomic E-state index is 13.2. The number of halogens is 2. The lowest BCUT2D eigenvalue weighted by molar-refractivity contribution is -0.132. The first-order valence-electron chi connectivity index (χ1n) is 12.4. The Morgan fingerprint density at radius 3 is 2.46 bits per heavy atom. The molecule has 10 heteroatoms. The summed E-state index contributed by atoms with van der Waals surface area (Å²) in [5.41, 5.74) is 4.02. The molecule has 8 nitrogen and oxygen atoms in total. The highest BCUT2D eigenvalue weighted by molar-refractivity contribution is 6.35. The number of amides is 2. The van der Waals surface area contributed by atoms with Crippen molar-refractivity contribution in [1.29, 1.82) is 0 Å². The van der Waals surface area contributed by atoms with Gasteiger partial charge in [0.15, 0.2) is 17.6 Å². The molecule has 3 aromatic rings. The fourth-order valence-corrected chi connectivity index (χ4v) is 4.01. The van der Waals surface area contributed by atoms with Crippen LogP contribution in [0.1, 0.15) is 31.4 Å². The van der Waals surface area contributed by atoms with Crippen LogP contribution < -0.4 is 25.0 Å². The molecule has 2 amide bonds. The van der Waals surface area contributed by atoms with Gasteiger partial charge in [-0.25, -0.2) is 5.43 Å². The minimum absolute atomic E-state index is 0.242. The van der Waals surface area contributed by atoms with Crippen LogP contribution in [0.25, 0.3) is 0 Å². The van der Waals surface area contributed by atoms with Gasteiger partial charge in [-0.2, -0.15) is 5.10 Å². The molecular formula is C29H31Cl2N3O5. The smallest absolute Gasteiger partial charge is 0.262 e. The second-order valence-electron chi connectivity index (χ2n) is 8.55.